The number of aliphatic carboxylic acids is 1. The SMILES string of the molecule is CC1=CCO[C@]1(C)C(=O)O. The summed E-state index contributed by atoms with van der Waals surface area (Å²) in [6, 6.07) is 0. The van der Waals surface area contributed by atoms with Crippen molar-refractivity contribution in [2.24, 2.45) is 0 Å². The van der Waals surface area contributed by atoms with Crippen LogP contribution in [-0.4, -0.2) is 23.3 Å². The number of hydrogen-bond acceptors (Lipinski definition) is 2. The van der Waals surface area contributed by atoms with Crippen LogP contribution in [0.3, 0.4) is 0 Å². The second-order valence-electron chi connectivity index (χ2n) is 2.54. The van der Waals surface area contributed by atoms with Crippen molar-refractivity contribution in [2.75, 3.05) is 6.61 Å². The predicted molar refractivity (Wildman–Crippen MR) is 35.7 cm³/mol. The molecule has 0 saturated heterocycles. The topological polar surface area (TPSA) is 46.5 Å². The summed E-state index contributed by atoms with van der Waals surface area (Å²) in [4.78, 5) is 10.6. The van der Waals surface area contributed by atoms with E-state index in [2.05, 4.69) is 0 Å². The molecule has 3 nitrogen and oxygen atoms in total. The molecule has 10 heavy (non-hydrogen) atoms. The maximum Gasteiger partial charge on any atom is 0.340 e. The largest absolute Gasteiger partial charge is 0.479 e. The summed E-state index contributed by atoms with van der Waals surface area (Å²) >= 11 is 0. The van der Waals surface area contributed by atoms with Crippen LogP contribution in [0.4, 0.5) is 0 Å². The van der Waals surface area contributed by atoms with Gasteiger partial charge in [0, 0.05) is 0 Å². The van der Waals surface area contributed by atoms with E-state index in [4.69, 9.17) is 9.84 Å². The number of carboxylic acids is 1. The fourth-order valence-electron chi connectivity index (χ4n) is 0.872. The molecule has 0 aromatic carbocycles. The van der Waals surface area contributed by atoms with Crippen molar-refractivity contribution in [3.63, 3.8) is 0 Å². The first-order valence-electron chi connectivity index (χ1n) is 3.12. The van der Waals surface area contributed by atoms with Gasteiger partial charge >= 0.3 is 5.97 Å². The zero-order valence-electron chi connectivity index (χ0n) is 6.05. The van der Waals surface area contributed by atoms with Crippen molar-refractivity contribution in [1.29, 1.82) is 0 Å². The van der Waals surface area contributed by atoms with Gasteiger partial charge in [-0.2, -0.15) is 0 Å². The summed E-state index contributed by atoms with van der Waals surface area (Å²) in [6.45, 7) is 3.74. The van der Waals surface area contributed by atoms with E-state index in [9.17, 15) is 4.79 Å². The lowest BCUT2D eigenvalue weighted by Crippen LogP contribution is -2.36. The smallest absolute Gasteiger partial charge is 0.340 e. The molecule has 1 rings (SSSR count). The van der Waals surface area contributed by atoms with Gasteiger partial charge in [0.05, 0.1) is 6.61 Å². The predicted octanol–water partition coefficient (Wildman–Crippen LogP) is 0.806. The highest BCUT2D eigenvalue weighted by Gasteiger charge is 2.38. The highest BCUT2D eigenvalue weighted by atomic mass is 16.5. The van der Waals surface area contributed by atoms with E-state index < -0.39 is 11.6 Å². The van der Waals surface area contributed by atoms with Crippen molar-refractivity contribution >= 4 is 5.97 Å². The Morgan fingerprint density at radius 2 is 2.50 bits per heavy atom. The molecule has 0 bridgehead atoms. The van der Waals surface area contributed by atoms with Crippen molar-refractivity contribution in [2.45, 2.75) is 19.4 Å². The van der Waals surface area contributed by atoms with E-state index in [1.54, 1.807) is 19.9 Å². The lowest BCUT2D eigenvalue weighted by Gasteiger charge is -2.19. The molecule has 0 fully saturated rings. The molecule has 0 spiro atoms. The second kappa shape index (κ2) is 2.09. The third-order valence-electron chi connectivity index (χ3n) is 1.92. The fraction of sp³-hybridized carbons (Fsp3) is 0.571. The summed E-state index contributed by atoms with van der Waals surface area (Å²) < 4.78 is 5.02. The first kappa shape index (κ1) is 7.28. The molecule has 0 aromatic rings. The minimum absolute atomic E-state index is 0.411. The summed E-state index contributed by atoms with van der Waals surface area (Å²) in [5, 5.41) is 8.68. The van der Waals surface area contributed by atoms with Gasteiger partial charge in [0.1, 0.15) is 0 Å². The molecule has 0 aliphatic carbocycles. The van der Waals surface area contributed by atoms with Crippen molar-refractivity contribution in [3.8, 4) is 0 Å². The molecule has 0 amide bonds. The van der Waals surface area contributed by atoms with Crippen LogP contribution in [0.25, 0.3) is 0 Å². The Morgan fingerprint density at radius 1 is 1.90 bits per heavy atom. The first-order chi connectivity index (χ1) is 4.57. The van der Waals surface area contributed by atoms with Crippen LogP contribution < -0.4 is 0 Å². The van der Waals surface area contributed by atoms with Crippen LogP contribution in [-0.2, 0) is 9.53 Å². The van der Waals surface area contributed by atoms with Crippen LogP contribution in [0, 0.1) is 0 Å². The lowest BCUT2D eigenvalue weighted by atomic mass is 9.99. The Kier molecular flexibility index (Phi) is 1.52. The zero-order chi connectivity index (χ0) is 7.78. The molecular formula is C7H10O3. The lowest BCUT2D eigenvalue weighted by molar-refractivity contribution is -0.155. The second-order valence-corrected chi connectivity index (χ2v) is 2.54. The number of rotatable bonds is 1. The average molecular weight is 142 g/mol. The van der Waals surface area contributed by atoms with Gasteiger partial charge in [-0.3, -0.25) is 0 Å². The molecule has 1 aliphatic heterocycles. The molecule has 56 valence electrons. The Balaban J connectivity index is 2.89. The van der Waals surface area contributed by atoms with E-state index in [1.165, 1.54) is 0 Å². The van der Waals surface area contributed by atoms with Gasteiger partial charge in [-0.05, 0) is 19.4 Å². The summed E-state index contributed by atoms with van der Waals surface area (Å²) in [6.07, 6.45) is 1.79. The van der Waals surface area contributed by atoms with Crippen molar-refractivity contribution < 1.29 is 14.6 Å². The molecule has 0 saturated carbocycles. The third kappa shape index (κ3) is 0.827. The molecule has 1 aliphatic rings. The highest BCUT2D eigenvalue weighted by Crippen LogP contribution is 2.26. The van der Waals surface area contributed by atoms with Crippen LogP contribution in [0.1, 0.15) is 13.8 Å². The van der Waals surface area contributed by atoms with Crippen LogP contribution in [0.15, 0.2) is 11.6 Å². The van der Waals surface area contributed by atoms with E-state index in [1.807, 2.05) is 0 Å². The fourth-order valence-corrected chi connectivity index (χ4v) is 0.872. The van der Waals surface area contributed by atoms with Crippen LogP contribution >= 0.6 is 0 Å². The monoisotopic (exact) mass is 142 g/mol. The normalized spacial score (nSPS) is 32.0. The van der Waals surface area contributed by atoms with Gasteiger partial charge in [0.2, 0.25) is 0 Å². The summed E-state index contributed by atoms with van der Waals surface area (Å²) in [7, 11) is 0. The van der Waals surface area contributed by atoms with Gasteiger partial charge in [-0.15, -0.1) is 0 Å². The third-order valence-corrected chi connectivity index (χ3v) is 1.92. The zero-order valence-corrected chi connectivity index (χ0v) is 6.05. The number of hydrogen-bond donors (Lipinski definition) is 1. The van der Waals surface area contributed by atoms with Gasteiger partial charge < -0.3 is 9.84 Å². The minimum Gasteiger partial charge on any atom is -0.479 e. The molecule has 0 aromatic heterocycles. The standard InChI is InChI=1S/C7H10O3/c1-5-3-4-10-7(5,2)6(8)9/h3H,4H2,1-2H3,(H,8,9)/t7-/m0/s1. The molecule has 0 radical (unpaired) electrons. The van der Waals surface area contributed by atoms with Crippen molar-refractivity contribution in [1.82, 2.24) is 0 Å². The number of carboxylic acid groups (broad SMARTS) is 1. The van der Waals surface area contributed by atoms with E-state index in [-0.39, 0.29) is 0 Å². The van der Waals surface area contributed by atoms with E-state index >= 15 is 0 Å². The summed E-state index contributed by atoms with van der Waals surface area (Å²) in [5.41, 5.74) is -0.292. The van der Waals surface area contributed by atoms with Gasteiger partial charge in [0.25, 0.3) is 0 Å². The average Bonchev–Trinajstić information content (AvgIpc) is 2.15. The first-order valence-corrected chi connectivity index (χ1v) is 3.12. The maximum absolute atomic E-state index is 10.6. The van der Waals surface area contributed by atoms with Crippen LogP contribution in [0.5, 0.6) is 0 Å². The van der Waals surface area contributed by atoms with Gasteiger partial charge in [-0.25, -0.2) is 4.79 Å². The molecular weight excluding hydrogens is 132 g/mol. The van der Waals surface area contributed by atoms with Crippen molar-refractivity contribution in [3.05, 3.63) is 11.6 Å². The molecule has 1 heterocycles. The Labute approximate surface area is 59.3 Å². The Bertz CT molecular complexity index is 195. The molecule has 1 N–H and O–H groups in total. The number of ether oxygens (including phenoxy) is 1. The maximum atomic E-state index is 10.6. The van der Waals surface area contributed by atoms with E-state index in [0.717, 1.165) is 5.57 Å². The number of carbonyl (C=O) groups is 1. The summed E-state index contributed by atoms with van der Waals surface area (Å²) in [5.74, 6) is -0.918. The highest BCUT2D eigenvalue weighted by molar-refractivity contribution is 5.81. The molecule has 3 heteroatoms. The van der Waals surface area contributed by atoms with Gasteiger partial charge in [0.15, 0.2) is 5.60 Å². The van der Waals surface area contributed by atoms with E-state index in [0.29, 0.717) is 6.61 Å². The quantitative estimate of drug-likeness (QED) is 0.551. The van der Waals surface area contributed by atoms with Gasteiger partial charge in [-0.1, -0.05) is 6.08 Å². The Hall–Kier alpha value is -0.830. The molecule has 1 atom stereocenters. The Morgan fingerprint density at radius 3 is 2.70 bits per heavy atom. The molecule has 0 unspecified atom stereocenters. The van der Waals surface area contributed by atoms with Crippen LogP contribution in [0.2, 0.25) is 0 Å². The minimum atomic E-state index is -1.07.